The average Bonchev–Trinajstić information content (AvgIpc) is 2.39. The van der Waals surface area contributed by atoms with Crippen LogP contribution in [0.15, 0.2) is 23.2 Å². The molecule has 0 saturated heterocycles. The van der Waals surface area contributed by atoms with Gasteiger partial charge in [0, 0.05) is 12.1 Å². The van der Waals surface area contributed by atoms with E-state index in [1.165, 1.54) is 0 Å². The number of aliphatic imine (C=N–C) groups is 1. The van der Waals surface area contributed by atoms with E-state index in [9.17, 15) is 0 Å². The van der Waals surface area contributed by atoms with Crippen molar-refractivity contribution in [3.8, 4) is 11.5 Å². The van der Waals surface area contributed by atoms with E-state index in [1.807, 2.05) is 18.2 Å². The number of rotatable bonds is 5. The fraction of sp³-hybridized carbons (Fsp3) is 0.417. The molecule has 0 aliphatic rings. The molecule has 0 aliphatic carbocycles. The van der Waals surface area contributed by atoms with Gasteiger partial charge in [0.1, 0.15) is 5.84 Å². The number of benzene rings is 1. The average molecular weight is 237 g/mol. The molecule has 5 heteroatoms. The van der Waals surface area contributed by atoms with Crippen molar-refractivity contribution < 1.29 is 9.47 Å². The minimum absolute atomic E-state index is 0.646. The SMILES string of the molecule is CCCN=C(NN)c1ccc(OC)c(OC)c1. The molecule has 0 amide bonds. The zero-order valence-electron chi connectivity index (χ0n) is 10.5. The molecule has 1 rings (SSSR count). The molecular weight excluding hydrogens is 218 g/mol. The number of amidine groups is 1. The molecule has 0 aromatic heterocycles. The molecule has 0 saturated carbocycles. The summed E-state index contributed by atoms with van der Waals surface area (Å²) in [4.78, 5) is 4.35. The minimum atomic E-state index is 0.646. The van der Waals surface area contributed by atoms with Gasteiger partial charge in [-0.05, 0) is 24.6 Å². The Labute approximate surface area is 102 Å². The number of nitrogens with two attached hydrogens (primary N) is 1. The highest BCUT2D eigenvalue weighted by atomic mass is 16.5. The lowest BCUT2D eigenvalue weighted by molar-refractivity contribution is 0.355. The predicted octanol–water partition coefficient (Wildman–Crippen LogP) is 1.32. The molecular formula is C12H19N3O2. The quantitative estimate of drug-likeness (QED) is 0.351. The second-order valence-corrected chi connectivity index (χ2v) is 3.44. The van der Waals surface area contributed by atoms with Crippen molar-refractivity contribution >= 4 is 5.84 Å². The van der Waals surface area contributed by atoms with Gasteiger partial charge in [-0.25, -0.2) is 5.84 Å². The van der Waals surface area contributed by atoms with Crippen LogP contribution in [0.4, 0.5) is 0 Å². The van der Waals surface area contributed by atoms with Gasteiger partial charge in [0.05, 0.1) is 14.2 Å². The molecule has 3 N–H and O–H groups in total. The van der Waals surface area contributed by atoms with Gasteiger partial charge in [-0.2, -0.15) is 0 Å². The van der Waals surface area contributed by atoms with Gasteiger partial charge in [0.15, 0.2) is 11.5 Å². The Morgan fingerprint density at radius 1 is 1.29 bits per heavy atom. The summed E-state index contributed by atoms with van der Waals surface area (Å²) in [6.45, 7) is 2.79. The van der Waals surface area contributed by atoms with Crippen LogP contribution in [0, 0.1) is 0 Å². The van der Waals surface area contributed by atoms with Crippen LogP contribution >= 0.6 is 0 Å². The number of hydrogen-bond acceptors (Lipinski definition) is 4. The number of hydrazine groups is 1. The van der Waals surface area contributed by atoms with Crippen molar-refractivity contribution in [1.29, 1.82) is 0 Å². The van der Waals surface area contributed by atoms with Crippen LogP contribution in [-0.2, 0) is 0 Å². The predicted molar refractivity (Wildman–Crippen MR) is 68.6 cm³/mol. The Bertz CT molecular complexity index is 391. The van der Waals surface area contributed by atoms with Gasteiger partial charge < -0.3 is 14.9 Å². The van der Waals surface area contributed by atoms with E-state index in [-0.39, 0.29) is 0 Å². The lowest BCUT2D eigenvalue weighted by atomic mass is 10.2. The first-order valence-corrected chi connectivity index (χ1v) is 5.50. The molecule has 0 bridgehead atoms. The first-order chi connectivity index (χ1) is 8.26. The maximum absolute atomic E-state index is 5.45. The van der Waals surface area contributed by atoms with Crippen molar-refractivity contribution in [2.75, 3.05) is 20.8 Å². The zero-order chi connectivity index (χ0) is 12.7. The van der Waals surface area contributed by atoms with E-state index in [2.05, 4.69) is 17.3 Å². The van der Waals surface area contributed by atoms with Gasteiger partial charge in [-0.3, -0.25) is 4.99 Å². The summed E-state index contributed by atoms with van der Waals surface area (Å²) >= 11 is 0. The highest BCUT2D eigenvalue weighted by Crippen LogP contribution is 2.27. The zero-order valence-corrected chi connectivity index (χ0v) is 10.5. The van der Waals surface area contributed by atoms with Crippen molar-refractivity contribution in [3.63, 3.8) is 0 Å². The number of hydrogen-bond donors (Lipinski definition) is 2. The molecule has 0 radical (unpaired) electrons. The highest BCUT2D eigenvalue weighted by Gasteiger charge is 2.07. The molecule has 0 unspecified atom stereocenters. The van der Waals surface area contributed by atoms with Crippen LogP contribution in [0.5, 0.6) is 11.5 Å². The van der Waals surface area contributed by atoms with Crippen LogP contribution in [0.2, 0.25) is 0 Å². The second-order valence-electron chi connectivity index (χ2n) is 3.44. The summed E-state index contributed by atoms with van der Waals surface area (Å²) in [5.74, 6) is 7.44. The summed E-state index contributed by atoms with van der Waals surface area (Å²) in [6.07, 6.45) is 0.971. The maximum Gasteiger partial charge on any atom is 0.161 e. The van der Waals surface area contributed by atoms with Crippen molar-refractivity contribution in [2.24, 2.45) is 10.8 Å². The molecule has 5 nitrogen and oxygen atoms in total. The van der Waals surface area contributed by atoms with Crippen LogP contribution in [-0.4, -0.2) is 26.6 Å². The minimum Gasteiger partial charge on any atom is -0.493 e. The van der Waals surface area contributed by atoms with Crippen molar-refractivity contribution in [2.45, 2.75) is 13.3 Å². The third-order valence-corrected chi connectivity index (χ3v) is 2.29. The summed E-state index contributed by atoms with van der Waals surface area (Å²) in [5.41, 5.74) is 3.47. The number of nitrogens with zero attached hydrogens (tertiary/aromatic N) is 1. The van der Waals surface area contributed by atoms with E-state index in [1.54, 1.807) is 14.2 Å². The molecule has 0 fully saturated rings. The normalized spacial score (nSPS) is 11.2. The Balaban J connectivity index is 3.04. The summed E-state index contributed by atoms with van der Waals surface area (Å²) in [5, 5.41) is 0. The van der Waals surface area contributed by atoms with E-state index in [0.29, 0.717) is 17.3 Å². The summed E-state index contributed by atoms with van der Waals surface area (Å²) < 4.78 is 10.4. The van der Waals surface area contributed by atoms with E-state index in [4.69, 9.17) is 15.3 Å². The van der Waals surface area contributed by atoms with Gasteiger partial charge in [-0.1, -0.05) is 6.92 Å². The number of nitrogens with one attached hydrogen (secondary N) is 1. The van der Waals surface area contributed by atoms with Gasteiger partial charge in [0.2, 0.25) is 0 Å². The van der Waals surface area contributed by atoms with Crippen LogP contribution in [0.1, 0.15) is 18.9 Å². The third kappa shape index (κ3) is 3.35. The summed E-state index contributed by atoms with van der Waals surface area (Å²) in [7, 11) is 3.20. The smallest absolute Gasteiger partial charge is 0.161 e. The molecule has 1 aromatic rings. The standard InChI is InChI=1S/C12H19N3O2/c1-4-7-14-12(15-13)9-5-6-10(16-2)11(8-9)17-3/h5-6,8H,4,7,13H2,1-3H3,(H,14,15). The van der Waals surface area contributed by atoms with Gasteiger partial charge >= 0.3 is 0 Å². The molecule has 0 heterocycles. The second kappa shape index (κ2) is 6.75. The molecule has 1 aromatic carbocycles. The lowest BCUT2D eigenvalue weighted by Gasteiger charge is -2.11. The third-order valence-electron chi connectivity index (χ3n) is 2.29. The molecule has 0 aliphatic heterocycles. The first-order valence-electron chi connectivity index (χ1n) is 5.50. The van der Waals surface area contributed by atoms with Gasteiger partial charge in [0.25, 0.3) is 0 Å². The lowest BCUT2D eigenvalue weighted by Crippen LogP contribution is -2.31. The Morgan fingerprint density at radius 3 is 2.53 bits per heavy atom. The van der Waals surface area contributed by atoms with E-state index < -0.39 is 0 Å². The Hall–Kier alpha value is -1.75. The summed E-state index contributed by atoms with van der Waals surface area (Å²) in [6, 6.07) is 5.55. The molecule has 94 valence electrons. The first kappa shape index (κ1) is 13.3. The molecule has 0 atom stereocenters. The van der Waals surface area contributed by atoms with Crippen LogP contribution in [0.25, 0.3) is 0 Å². The molecule has 17 heavy (non-hydrogen) atoms. The Morgan fingerprint density at radius 2 is 2.00 bits per heavy atom. The number of methoxy groups -OCH3 is 2. The fourth-order valence-electron chi connectivity index (χ4n) is 1.43. The van der Waals surface area contributed by atoms with Crippen LogP contribution < -0.4 is 20.7 Å². The largest absolute Gasteiger partial charge is 0.493 e. The highest BCUT2D eigenvalue weighted by molar-refractivity contribution is 5.98. The van der Waals surface area contributed by atoms with Crippen molar-refractivity contribution in [3.05, 3.63) is 23.8 Å². The van der Waals surface area contributed by atoms with Crippen LogP contribution in [0.3, 0.4) is 0 Å². The monoisotopic (exact) mass is 237 g/mol. The maximum atomic E-state index is 5.45. The van der Waals surface area contributed by atoms with Crippen molar-refractivity contribution in [1.82, 2.24) is 5.43 Å². The Kier molecular flexibility index (Phi) is 5.29. The molecule has 0 spiro atoms. The fourth-order valence-corrected chi connectivity index (χ4v) is 1.43. The van der Waals surface area contributed by atoms with Gasteiger partial charge in [-0.15, -0.1) is 0 Å². The number of ether oxygens (including phenoxy) is 2. The van der Waals surface area contributed by atoms with E-state index >= 15 is 0 Å². The topological polar surface area (TPSA) is 68.9 Å². The van der Waals surface area contributed by atoms with E-state index in [0.717, 1.165) is 18.5 Å².